The molecule has 0 bridgehead atoms. The molecular formula is C23H24N4O2S. The first-order valence-electron chi connectivity index (χ1n) is 10.3. The topological polar surface area (TPSA) is 68.2 Å². The summed E-state index contributed by atoms with van der Waals surface area (Å²) in [6, 6.07) is 10.0. The van der Waals surface area contributed by atoms with Gasteiger partial charge in [0.15, 0.2) is 5.82 Å². The average Bonchev–Trinajstić information content (AvgIpc) is 3.12. The van der Waals surface area contributed by atoms with Crippen molar-refractivity contribution in [3.63, 3.8) is 0 Å². The van der Waals surface area contributed by atoms with Crippen LogP contribution < -0.4 is 0 Å². The van der Waals surface area contributed by atoms with Crippen molar-refractivity contribution in [3.8, 4) is 11.4 Å². The molecule has 7 heteroatoms. The number of rotatable bonds is 2. The number of thiazole rings is 1. The lowest BCUT2D eigenvalue weighted by atomic mass is 9.83. The Morgan fingerprint density at radius 3 is 2.60 bits per heavy atom. The summed E-state index contributed by atoms with van der Waals surface area (Å²) in [4.78, 5) is 29.7. The molecule has 0 N–H and O–H groups in total. The van der Waals surface area contributed by atoms with E-state index in [1.54, 1.807) is 0 Å². The van der Waals surface area contributed by atoms with Crippen LogP contribution in [0.1, 0.15) is 44.5 Å². The number of fused-ring (bicyclic) bond motifs is 2. The summed E-state index contributed by atoms with van der Waals surface area (Å²) >= 11 is 1.48. The molecule has 3 aromatic rings. The number of aromatic nitrogens is 3. The highest BCUT2D eigenvalue weighted by Crippen LogP contribution is 2.41. The van der Waals surface area contributed by atoms with E-state index in [2.05, 4.69) is 9.97 Å². The second kappa shape index (κ2) is 7.56. The number of carbonyl (C=O) groups excluding carboxylic acids is 1. The summed E-state index contributed by atoms with van der Waals surface area (Å²) in [7, 11) is 0. The molecule has 1 spiro atoms. The molecule has 0 saturated carbocycles. The molecule has 30 heavy (non-hydrogen) atoms. The van der Waals surface area contributed by atoms with Gasteiger partial charge in [0.1, 0.15) is 10.5 Å². The number of likely N-dealkylation sites (tertiary alicyclic amines) is 1. The molecule has 1 amide bonds. The highest BCUT2D eigenvalue weighted by Gasteiger charge is 2.43. The average molecular weight is 421 g/mol. The third-order valence-corrected chi connectivity index (χ3v) is 7.09. The van der Waals surface area contributed by atoms with E-state index in [-0.39, 0.29) is 5.91 Å². The van der Waals surface area contributed by atoms with Gasteiger partial charge in [0.25, 0.3) is 5.91 Å². The monoisotopic (exact) mass is 420 g/mol. The van der Waals surface area contributed by atoms with E-state index in [9.17, 15) is 4.79 Å². The zero-order chi connectivity index (χ0) is 20.7. The lowest BCUT2D eigenvalue weighted by molar-refractivity contribution is -0.0966. The maximum Gasteiger partial charge on any atom is 0.265 e. The Kier molecular flexibility index (Phi) is 4.87. The molecule has 5 rings (SSSR count). The summed E-state index contributed by atoms with van der Waals surface area (Å²) in [6.07, 6.45) is 4.27. The van der Waals surface area contributed by atoms with Crippen LogP contribution in [0, 0.1) is 13.8 Å². The fraction of sp³-hybridized carbons (Fsp3) is 0.391. The summed E-state index contributed by atoms with van der Waals surface area (Å²) in [5, 5.41) is 0.930. The first kappa shape index (κ1) is 19.3. The van der Waals surface area contributed by atoms with Crippen LogP contribution >= 0.6 is 11.3 Å². The van der Waals surface area contributed by atoms with Crippen LogP contribution in [0.5, 0.6) is 0 Å². The summed E-state index contributed by atoms with van der Waals surface area (Å²) < 4.78 is 6.35. The number of nitrogens with zero attached hydrogens (tertiary/aromatic N) is 4. The molecule has 0 aliphatic carbocycles. The standard InChI is InChI=1S/C23H24N4O2S/c1-15-19(30-16(2)25-15)22(28)27-11-9-23(10-12-27)20-18(8-13-29-23)14-24-21(26-20)17-6-4-3-5-7-17/h3-7,14H,8-13H2,1-2H3. The Morgan fingerprint density at radius 1 is 1.13 bits per heavy atom. The molecule has 0 unspecified atom stereocenters. The SMILES string of the molecule is Cc1nc(C)c(C(=O)N2CCC3(CC2)OCCc2cnc(-c4ccccc4)nc23)s1. The van der Waals surface area contributed by atoms with Gasteiger partial charge in [-0.05, 0) is 38.7 Å². The van der Waals surface area contributed by atoms with E-state index in [1.807, 2.05) is 55.3 Å². The number of piperidine rings is 1. The van der Waals surface area contributed by atoms with Gasteiger partial charge < -0.3 is 9.64 Å². The third-order valence-electron chi connectivity index (χ3n) is 6.03. The molecule has 1 aromatic carbocycles. The Morgan fingerprint density at radius 2 is 1.90 bits per heavy atom. The summed E-state index contributed by atoms with van der Waals surface area (Å²) in [5.41, 5.74) is 3.55. The quantitative estimate of drug-likeness (QED) is 0.629. The van der Waals surface area contributed by atoms with Gasteiger partial charge in [0.05, 0.1) is 23.0 Å². The summed E-state index contributed by atoms with van der Waals surface area (Å²) in [6.45, 7) is 5.82. The number of hydrogen-bond acceptors (Lipinski definition) is 6. The maximum atomic E-state index is 13.0. The summed E-state index contributed by atoms with van der Waals surface area (Å²) in [5.74, 6) is 0.810. The van der Waals surface area contributed by atoms with Crippen molar-refractivity contribution in [1.29, 1.82) is 0 Å². The predicted molar refractivity (Wildman–Crippen MR) is 116 cm³/mol. The maximum absolute atomic E-state index is 13.0. The van der Waals surface area contributed by atoms with E-state index in [0.717, 1.165) is 57.5 Å². The van der Waals surface area contributed by atoms with E-state index in [0.29, 0.717) is 19.7 Å². The first-order valence-corrected chi connectivity index (χ1v) is 11.2. The van der Waals surface area contributed by atoms with Crippen molar-refractivity contribution in [1.82, 2.24) is 19.9 Å². The van der Waals surface area contributed by atoms with Crippen LogP contribution in [0.4, 0.5) is 0 Å². The number of ether oxygens (including phenoxy) is 1. The van der Waals surface area contributed by atoms with Crippen LogP contribution in [0.3, 0.4) is 0 Å². The van der Waals surface area contributed by atoms with Gasteiger partial charge in [0, 0.05) is 24.8 Å². The van der Waals surface area contributed by atoms with E-state index in [1.165, 1.54) is 11.3 Å². The minimum atomic E-state index is -0.435. The number of aryl methyl sites for hydroxylation is 2. The molecule has 154 valence electrons. The predicted octanol–water partition coefficient (Wildman–Crippen LogP) is 3.92. The lowest BCUT2D eigenvalue weighted by Gasteiger charge is -2.44. The van der Waals surface area contributed by atoms with Gasteiger partial charge in [-0.2, -0.15) is 0 Å². The molecule has 2 aliphatic heterocycles. The van der Waals surface area contributed by atoms with Crippen molar-refractivity contribution in [3.05, 3.63) is 63.4 Å². The zero-order valence-electron chi connectivity index (χ0n) is 17.2. The molecule has 0 radical (unpaired) electrons. The fourth-order valence-corrected chi connectivity index (χ4v) is 5.35. The smallest absolute Gasteiger partial charge is 0.265 e. The van der Waals surface area contributed by atoms with Gasteiger partial charge in [-0.1, -0.05) is 30.3 Å². The molecule has 2 aliphatic rings. The third kappa shape index (κ3) is 3.32. The number of amides is 1. The number of hydrogen-bond donors (Lipinski definition) is 0. The van der Waals surface area contributed by atoms with Crippen molar-refractivity contribution in [2.24, 2.45) is 0 Å². The number of carbonyl (C=O) groups is 1. The molecule has 4 heterocycles. The minimum absolute atomic E-state index is 0.0802. The molecule has 1 saturated heterocycles. The Balaban J connectivity index is 1.41. The van der Waals surface area contributed by atoms with E-state index in [4.69, 9.17) is 9.72 Å². The molecule has 1 fully saturated rings. The van der Waals surface area contributed by atoms with Crippen LogP contribution in [-0.2, 0) is 16.8 Å². The normalized spacial score (nSPS) is 17.7. The molecule has 0 atom stereocenters. The first-order chi connectivity index (χ1) is 14.6. The van der Waals surface area contributed by atoms with Crippen LogP contribution in [-0.4, -0.2) is 45.5 Å². The Labute approximate surface area is 180 Å². The van der Waals surface area contributed by atoms with Gasteiger partial charge in [0.2, 0.25) is 0 Å². The van der Waals surface area contributed by atoms with Gasteiger partial charge in [-0.15, -0.1) is 11.3 Å². The second-order valence-corrected chi connectivity index (χ2v) is 9.17. The van der Waals surface area contributed by atoms with Crippen LogP contribution in [0.15, 0.2) is 36.5 Å². The minimum Gasteiger partial charge on any atom is -0.368 e. The molecule has 6 nitrogen and oxygen atoms in total. The highest BCUT2D eigenvalue weighted by molar-refractivity contribution is 7.13. The van der Waals surface area contributed by atoms with Crippen molar-refractivity contribution in [2.45, 2.75) is 38.7 Å². The number of benzene rings is 1. The van der Waals surface area contributed by atoms with Crippen molar-refractivity contribution < 1.29 is 9.53 Å². The zero-order valence-corrected chi connectivity index (χ0v) is 18.0. The van der Waals surface area contributed by atoms with Gasteiger partial charge in [-0.3, -0.25) is 4.79 Å². The highest BCUT2D eigenvalue weighted by atomic mass is 32.1. The second-order valence-electron chi connectivity index (χ2n) is 7.97. The lowest BCUT2D eigenvalue weighted by Crippen LogP contribution is -2.49. The van der Waals surface area contributed by atoms with Crippen LogP contribution in [0.2, 0.25) is 0 Å². The van der Waals surface area contributed by atoms with E-state index >= 15 is 0 Å². The van der Waals surface area contributed by atoms with Crippen molar-refractivity contribution >= 4 is 17.2 Å². The van der Waals surface area contributed by atoms with E-state index < -0.39 is 5.60 Å². The Bertz CT molecular complexity index is 1090. The van der Waals surface area contributed by atoms with Crippen molar-refractivity contribution in [2.75, 3.05) is 19.7 Å². The van der Waals surface area contributed by atoms with Gasteiger partial charge >= 0.3 is 0 Å². The van der Waals surface area contributed by atoms with Crippen LogP contribution in [0.25, 0.3) is 11.4 Å². The molecular weight excluding hydrogens is 396 g/mol. The molecule has 2 aromatic heterocycles. The Hall–Kier alpha value is -2.64. The fourth-order valence-electron chi connectivity index (χ4n) is 4.46. The largest absolute Gasteiger partial charge is 0.368 e. The van der Waals surface area contributed by atoms with Gasteiger partial charge in [-0.25, -0.2) is 15.0 Å².